The Kier molecular flexibility index (Phi) is 9.97. The molecular formula is C13H27N2O5S. The number of ketones is 1. The smallest absolute Gasteiger partial charge is 0.208 e. The van der Waals surface area contributed by atoms with Gasteiger partial charge in [-0.3, -0.25) is 9.63 Å². The van der Waals surface area contributed by atoms with Crippen molar-refractivity contribution >= 4 is 15.8 Å². The van der Waals surface area contributed by atoms with Crippen molar-refractivity contribution in [3.05, 3.63) is 6.92 Å². The maximum Gasteiger partial charge on any atom is 0.208 e. The maximum atomic E-state index is 12.2. The Balaban J connectivity index is 4.62. The van der Waals surface area contributed by atoms with Gasteiger partial charge < -0.3 is 4.74 Å². The van der Waals surface area contributed by atoms with E-state index in [0.29, 0.717) is 13.0 Å². The highest BCUT2D eigenvalue weighted by Crippen LogP contribution is 2.10. The van der Waals surface area contributed by atoms with Gasteiger partial charge in [0, 0.05) is 26.1 Å². The predicted molar refractivity (Wildman–Crippen MR) is 81.0 cm³/mol. The van der Waals surface area contributed by atoms with E-state index in [0.717, 1.165) is 6.26 Å². The molecule has 8 heteroatoms. The van der Waals surface area contributed by atoms with E-state index in [1.807, 2.05) is 13.8 Å². The van der Waals surface area contributed by atoms with E-state index >= 15 is 0 Å². The van der Waals surface area contributed by atoms with Crippen LogP contribution in [0.2, 0.25) is 0 Å². The van der Waals surface area contributed by atoms with Crippen LogP contribution >= 0.6 is 0 Å². The van der Waals surface area contributed by atoms with Crippen molar-refractivity contribution in [2.24, 2.45) is 5.92 Å². The summed E-state index contributed by atoms with van der Waals surface area (Å²) in [6, 6.07) is -0.519. The second kappa shape index (κ2) is 10.2. The first kappa shape index (κ1) is 20.5. The largest absolute Gasteiger partial charge is 0.382 e. The van der Waals surface area contributed by atoms with Gasteiger partial charge in [-0.25, -0.2) is 13.1 Å². The van der Waals surface area contributed by atoms with Crippen LogP contribution in [0.25, 0.3) is 0 Å². The zero-order chi connectivity index (χ0) is 16.5. The van der Waals surface area contributed by atoms with Crippen LogP contribution < -0.4 is 4.72 Å². The van der Waals surface area contributed by atoms with Crippen LogP contribution in [0.1, 0.15) is 20.3 Å². The van der Waals surface area contributed by atoms with Crippen LogP contribution in [-0.2, 0) is 24.4 Å². The number of carbonyl (C=O) groups is 1. The third-order valence-electron chi connectivity index (χ3n) is 2.67. The lowest BCUT2D eigenvalue weighted by molar-refractivity contribution is -0.196. The van der Waals surface area contributed by atoms with Gasteiger partial charge in [-0.1, -0.05) is 20.8 Å². The highest BCUT2D eigenvalue weighted by atomic mass is 32.2. The highest BCUT2D eigenvalue weighted by Gasteiger charge is 2.28. The Bertz CT molecular complexity index is 397. The van der Waals surface area contributed by atoms with Crippen LogP contribution in [-0.4, -0.2) is 65.0 Å². The topological polar surface area (TPSA) is 84.9 Å². The number of carbonyl (C=O) groups excluding carboxylic acids is 1. The van der Waals surface area contributed by atoms with Crippen LogP contribution in [0.4, 0.5) is 0 Å². The Hall–Kier alpha value is -0.540. The predicted octanol–water partition coefficient (Wildman–Crippen LogP) is 0.233. The maximum absolute atomic E-state index is 12.2. The summed E-state index contributed by atoms with van der Waals surface area (Å²) >= 11 is 0. The second-order valence-electron chi connectivity index (χ2n) is 5.02. The molecule has 0 rings (SSSR count). The fourth-order valence-electron chi connectivity index (χ4n) is 1.71. The summed E-state index contributed by atoms with van der Waals surface area (Å²) < 4.78 is 29.4. The third kappa shape index (κ3) is 9.15. The van der Waals surface area contributed by atoms with Crippen molar-refractivity contribution in [1.29, 1.82) is 0 Å². The lowest BCUT2D eigenvalue weighted by Crippen LogP contribution is -2.47. The minimum atomic E-state index is -3.25. The van der Waals surface area contributed by atoms with Gasteiger partial charge in [0.25, 0.3) is 0 Å². The molecule has 125 valence electrons. The first-order valence-electron chi connectivity index (χ1n) is 6.89. The SMILES string of the molecule is [CH2]CCN(OCCNS(C)(=O)=O)C(COC)C(=O)C(C)C. The molecule has 0 amide bonds. The van der Waals surface area contributed by atoms with Gasteiger partial charge >= 0.3 is 0 Å². The molecule has 0 aromatic heterocycles. The van der Waals surface area contributed by atoms with Crippen molar-refractivity contribution in [3.8, 4) is 0 Å². The number of sulfonamides is 1. The molecule has 1 atom stereocenters. The Morgan fingerprint density at radius 1 is 1.38 bits per heavy atom. The van der Waals surface area contributed by atoms with Crippen LogP contribution in [0.3, 0.4) is 0 Å². The van der Waals surface area contributed by atoms with Crippen molar-refractivity contribution in [2.45, 2.75) is 26.3 Å². The van der Waals surface area contributed by atoms with Gasteiger partial charge in [-0.2, -0.15) is 5.06 Å². The lowest BCUT2D eigenvalue weighted by atomic mass is 10.0. The average molecular weight is 323 g/mol. The number of ether oxygens (including phenoxy) is 1. The molecule has 0 aromatic rings. The standard InChI is InChI=1S/C13H27N2O5S/c1-6-8-15(20-9-7-14-21(5,17)18)12(10-19-4)13(16)11(2)3/h11-12,14H,1,6-10H2,2-5H3. The highest BCUT2D eigenvalue weighted by molar-refractivity contribution is 7.88. The summed E-state index contributed by atoms with van der Waals surface area (Å²) in [5.74, 6) is -0.128. The van der Waals surface area contributed by atoms with Crippen molar-refractivity contribution < 1.29 is 22.8 Å². The van der Waals surface area contributed by atoms with E-state index < -0.39 is 16.1 Å². The minimum absolute atomic E-state index is 0.0152. The summed E-state index contributed by atoms with van der Waals surface area (Å²) in [6.07, 6.45) is 1.64. The monoisotopic (exact) mass is 323 g/mol. The van der Waals surface area contributed by atoms with Gasteiger partial charge in [0.2, 0.25) is 10.0 Å². The first-order valence-corrected chi connectivity index (χ1v) is 8.78. The molecule has 21 heavy (non-hydrogen) atoms. The van der Waals surface area contributed by atoms with Gasteiger partial charge in [0.05, 0.1) is 19.5 Å². The van der Waals surface area contributed by atoms with Crippen LogP contribution in [0.5, 0.6) is 0 Å². The van der Waals surface area contributed by atoms with E-state index in [9.17, 15) is 13.2 Å². The van der Waals surface area contributed by atoms with Crippen molar-refractivity contribution in [2.75, 3.05) is 39.7 Å². The molecule has 0 aliphatic carbocycles. The quantitative estimate of drug-likeness (QED) is 0.409. The third-order valence-corrected chi connectivity index (χ3v) is 3.40. The zero-order valence-corrected chi connectivity index (χ0v) is 14.1. The summed E-state index contributed by atoms with van der Waals surface area (Å²) in [7, 11) is -1.73. The zero-order valence-electron chi connectivity index (χ0n) is 13.3. The van der Waals surface area contributed by atoms with Gasteiger partial charge in [-0.05, 0) is 6.42 Å². The number of hydrogen-bond acceptors (Lipinski definition) is 6. The molecule has 1 unspecified atom stereocenters. The molecule has 0 heterocycles. The summed E-state index contributed by atoms with van der Waals surface area (Å²) in [5, 5.41) is 1.53. The molecule has 0 aliphatic heterocycles. The molecule has 0 aliphatic rings. The van der Waals surface area contributed by atoms with E-state index in [2.05, 4.69) is 11.6 Å². The molecule has 1 N–H and O–H groups in total. The average Bonchev–Trinajstić information content (AvgIpc) is 2.38. The van der Waals surface area contributed by atoms with E-state index in [-0.39, 0.29) is 31.5 Å². The first-order chi connectivity index (χ1) is 9.72. The van der Waals surface area contributed by atoms with Crippen molar-refractivity contribution in [3.63, 3.8) is 0 Å². The van der Waals surface area contributed by atoms with Gasteiger partial charge in [0.15, 0.2) is 5.78 Å². The minimum Gasteiger partial charge on any atom is -0.382 e. The number of Topliss-reactive ketones (excluding diaryl/α,β-unsaturated/α-hetero) is 1. The van der Waals surface area contributed by atoms with Gasteiger partial charge in [-0.15, -0.1) is 0 Å². The molecule has 0 saturated carbocycles. The number of hydroxylamine groups is 2. The van der Waals surface area contributed by atoms with E-state index in [4.69, 9.17) is 9.57 Å². The van der Waals surface area contributed by atoms with Gasteiger partial charge in [0.1, 0.15) is 6.04 Å². The number of nitrogens with zero attached hydrogens (tertiary/aromatic N) is 1. The molecule has 1 radical (unpaired) electrons. The summed E-state index contributed by atoms with van der Waals surface area (Å²) in [5.41, 5.74) is 0. The van der Waals surface area contributed by atoms with E-state index in [1.54, 1.807) is 0 Å². The van der Waals surface area contributed by atoms with E-state index in [1.165, 1.54) is 12.2 Å². The molecule has 0 fully saturated rings. The van der Waals surface area contributed by atoms with Crippen molar-refractivity contribution in [1.82, 2.24) is 9.79 Å². The fraction of sp³-hybridized carbons (Fsp3) is 0.846. The lowest BCUT2D eigenvalue weighted by Gasteiger charge is -2.30. The second-order valence-corrected chi connectivity index (χ2v) is 6.86. The fourth-order valence-corrected chi connectivity index (χ4v) is 2.16. The number of nitrogens with one attached hydrogen (secondary N) is 1. The number of methoxy groups -OCH3 is 1. The molecule has 0 bridgehead atoms. The summed E-state index contributed by atoms with van der Waals surface area (Å²) in [4.78, 5) is 17.7. The number of hydrogen-bond donors (Lipinski definition) is 1. The number of rotatable bonds is 12. The van der Waals surface area contributed by atoms with Crippen LogP contribution in [0.15, 0.2) is 0 Å². The molecule has 0 saturated heterocycles. The Labute approximate surface area is 128 Å². The van der Waals surface area contributed by atoms with Crippen LogP contribution in [0, 0.1) is 12.8 Å². The molecule has 7 nitrogen and oxygen atoms in total. The Morgan fingerprint density at radius 3 is 2.43 bits per heavy atom. The molecule has 0 aromatic carbocycles. The normalized spacial score (nSPS) is 13.9. The molecule has 0 spiro atoms. The summed E-state index contributed by atoms with van der Waals surface area (Å²) in [6.45, 7) is 8.35. The Morgan fingerprint density at radius 2 is 2.00 bits per heavy atom. The molecular weight excluding hydrogens is 296 g/mol.